The molecule has 4 aromatic rings. The first-order chi connectivity index (χ1) is 15.5. The Kier molecular flexibility index (Phi) is 5.05. The number of aryl methyl sites for hydroxylation is 3. The fourth-order valence-electron chi connectivity index (χ4n) is 4.35. The maximum atomic E-state index is 13.6. The Morgan fingerprint density at radius 1 is 1.00 bits per heavy atom. The minimum atomic E-state index is -0.256. The van der Waals surface area contributed by atoms with Gasteiger partial charge in [-0.15, -0.1) is 0 Å². The molecule has 1 amide bonds. The average Bonchev–Trinajstić information content (AvgIpc) is 3.53. The number of nitrogens with zero attached hydrogens (tertiary/aromatic N) is 6. The van der Waals surface area contributed by atoms with E-state index in [0.29, 0.717) is 29.5 Å². The lowest BCUT2D eigenvalue weighted by atomic mass is 10.1. The summed E-state index contributed by atoms with van der Waals surface area (Å²) in [4.78, 5) is 21.6. The summed E-state index contributed by atoms with van der Waals surface area (Å²) in [7, 11) is 0. The van der Waals surface area contributed by atoms with E-state index in [2.05, 4.69) is 26.4 Å². The van der Waals surface area contributed by atoms with Crippen molar-refractivity contribution in [3.8, 4) is 17.1 Å². The van der Waals surface area contributed by atoms with E-state index in [9.17, 15) is 4.79 Å². The number of aromatic nitrogens is 5. The van der Waals surface area contributed by atoms with Crippen molar-refractivity contribution in [2.75, 3.05) is 6.54 Å². The lowest BCUT2D eigenvalue weighted by molar-refractivity contribution is 0.0709. The van der Waals surface area contributed by atoms with Crippen LogP contribution >= 0.6 is 0 Å². The molecular weight excluding hydrogens is 404 g/mol. The van der Waals surface area contributed by atoms with Crippen LogP contribution in [0, 0.1) is 20.8 Å². The van der Waals surface area contributed by atoms with Crippen molar-refractivity contribution in [3.63, 3.8) is 0 Å². The van der Waals surface area contributed by atoms with Crippen molar-refractivity contribution in [2.24, 2.45) is 0 Å². The third-order valence-electron chi connectivity index (χ3n) is 5.74. The van der Waals surface area contributed by atoms with Gasteiger partial charge in [-0.1, -0.05) is 34.0 Å². The van der Waals surface area contributed by atoms with Crippen molar-refractivity contribution in [1.29, 1.82) is 0 Å². The molecule has 2 aromatic carbocycles. The molecule has 2 aromatic heterocycles. The van der Waals surface area contributed by atoms with Gasteiger partial charge in [-0.05, 0) is 57.9 Å². The highest BCUT2D eigenvalue weighted by molar-refractivity contribution is 5.98. The third-order valence-corrected chi connectivity index (χ3v) is 5.74. The van der Waals surface area contributed by atoms with Gasteiger partial charge < -0.3 is 9.42 Å². The summed E-state index contributed by atoms with van der Waals surface area (Å²) >= 11 is 0. The Morgan fingerprint density at radius 3 is 2.50 bits per heavy atom. The van der Waals surface area contributed by atoms with Crippen LogP contribution < -0.4 is 0 Å². The minimum absolute atomic E-state index is 0.0883. The Labute approximate surface area is 185 Å². The molecule has 8 heteroatoms. The number of carbonyl (C=O) groups excluding carboxylic acids is 1. The first-order valence-corrected chi connectivity index (χ1v) is 10.7. The first-order valence-electron chi connectivity index (χ1n) is 10.7. The molecule has 0 aliphatic carbocycles. The van der Waals surface area contributed by atoms with E-state index in [1.54, 1.807) is 12.4 Å². The van der Waals surface area contributed by atoms with Crippen LogP contribution in [0.25, 0.3) is 17.1 Å². The quantitative estimate of drug-likeness (QED) is 0.483. The summed E-state index contributed by atoms with van der Waals surface area (Å²) in [6, 6.07) is 11.6. The van der Waals surface area contributed by atoms with Crippen LogP contribution in [0.5, 0.6) is 0 Å². The molecule has 1 aliphatic heterocycles. The molecule has 1 saturated heterocycles. The smallest absolute Gasteiger partial charge is 0.256 e. The van der Waals surface area contributed by atoms with Gasteiger partial charge in [-0.3, -0.25) is 4.79 Å². The molecule has 8 nitrogen and oxygen atoms in total. The summed E-state index contributed by atoms with van der Waals surface area (Å²) in [6.07, 6.45) is 4.85. The summed E-state index contributed by atoms with van der Waals surface area (Å²) in [5.74, 6) is 0.925. The van der Waals surface area contributed by atoms with Gasteiger partial charge in [0.25, 0.3) is 5.91 Å². The number of amides is 1. The third kappa shape index (κ3) is 3.68. The van der Waals surface area contributed by atoms with Crippen molar-refractivity contribution in [3.05, 3.63) is 76.9 Å². The molecule has 32 heavy (non-hydrogen) atoms. The topological polar surface area (TPSA) is 89.9 Å². The van der Waals surface area contributed by atoms with Crippen molar-refractivity contribution in [2.45, 2.75) is 39.7 Å². The molecule has 5 rings (SSSR count). The van der Waals surface area contributed by atoms with Gasteiger partial charge in [0.1, 0.15) is 6.04 Å². The van der Waals surface area contributed by atoms with Gasteiger partial charge in [-0.25, -0.2) is 0 Å². The van der Waals surface area contributed by atoms with E-state index in [0.717, 1.165) is 35.1 Å². The lowest BCUT2D eigenvalue weighted by Gasteiger charge is -2.23. The van der Waals surface area contributed by atoms with E-state index in [1.165, 1.54) is 4.80 Å². The van der Waals surface area contributed by atoms with Crippen molar-refractivity contribution in [1.82, 2.24) is 30.0 Å². The van der Waals surface area contributed by atoms with Crippen LogP contribution in [0.2, 0.25) is 0 Å². The van der Waals surface area contributed by atoms with E-state index < -0.39 is 0 Å². The fourth-order valence-corrected chi connectivity index (χ4v) is 4.35. The highest BCUT2D eigenvalue weighted by Crippen LogP contribution is 2.34. The monoisotopic (exact) mass is 428 g/mol. The molecule has 0 radical (unpaired) electrons. The average molecular weight is 428 g/mol. The summed E-state index contributed by atoms with van der Waals surface area (Å²) < 4.78 is 5.64. The molecule has 3 heterocycles. The second-order valence-electron chi connectivity index (χ2n) is 8.33. The maximum Gasteiger partial charge on any atom is 0.256 e. The predicted octanol–water partition coefficient (Wildman–Crippen LogP) is 4.22. The SMILES string of the molecule is Cc1cc(C)cc(-c2noc(C3CCCN3C(=O)c3cc(C)ccc3-n3nccn3)n2)c1. The van der Waals surface area contributed by atoms with Crippen LogP contribution in [0.4, 0.5) is 0 Å². The van der Waals surface area contributed by atoms with Crippen LogP contribution in [-0.2, 0) is 0 Å². The number of rotatable bonds is 4. The number of hydrogen-bond donors (Lipinski definition) is 0. The number of hydrogen-bond acceptors (Lipinski definition) is 6. The highest BCUT2D eigenvalue weighted by atomic mass is 16.5. The zero-order valence-electron chi connectivity index (χ0n) is 18.3. The summed E-state index contributed by atoms with van der Waals surface area (Å²) in [5.41, 5.74) is 5.40. The molecular formula is C24H24N6O2. The van der Waals surface area contributed by atoms with E-state index in [1.807, 2.05) is 56.0 Å². The van der Waals surface area contributed by atoms with Gasteiger partial charge in [0, 0.05) is 12.1 Å². The minimum Gasteiger partial charge on any atom is -0.337 e. The molecule has 1 aliphatic rings. The zero-order valence-corrected chi connectivity index (χ0v) is 18.3. The Balaban J connectivity index is 1.47. The van der Waals surface area contributed by atoms with Gasteiger partial charge in [0.05, 0.1) is 23.6 Å². The number of carbonyl (C=O) groups is 1. The van der Waals surface area contributed by atoms with Gasteiger partial charge in [0.2, 0.25) is 11.7 Å². The Morgan fingerprint density at radius 2 is 1.75 bits per heavy atom. The molecule has 0 N–H and O–H groups in total. The molecule has 0 spiro atoms. The molecule has 0 bridgehead atoms. The normalized spacial score (nSPS) is 16.0. The fraction of sp³-hybridized carbons (Fsp3) is 0.292. The Hall–Kier alpha value is -3.81. The van der Waals surface area contributed by atoms with E-state index in [-0.39, 0.29) is 11.9 Å². The molecule has 1 unspecified atom stereocenters. The largest absolute Gasteiger partial charge is 0.337 e. The van der Waals surface area contributed by atoms with Gasteiger partial charge >= 0.3 is 0 Å². The second kappa shape index (κ2) is 8.03. The summed E-state index contributed by atoms with van der Waals surface area (Å²) in [6.45, 7) is 6.68. The van der Waals surface area contributed by atoms with Crippen molar-refractivity contribution >= 4 is 5.91 Å². The second-order valence-corrected chi connectivity index (χ2v) is 8.33. The Bertz CT molecular complexity index is 1260. The molecule has 1 atom stereocenters. The van der Waals surface area contributed by atoms with Crippen LogP contribution in [0.3, 0.4) is 0 Å². The van der Waals surface area contributed by atoms with Crippen LogP contribution in [0.15, 0.2) is 53.3 Å². The summed E-state index contributed by atoms with van der Waals surface area (Å²) in [5, 5.41) is 12.6. The highest BCUT2D eigenvalue weighted by Gasteiger charge is 2.35. The first kappa shape index (κ1) is 20.1. The van der Waals surface area contributed by atoms with Crippen LogP contribution in [0.1, 0.15) is 51.8 Å². The predicted molar refractivity (Wildman–Crippen MR) is 118 cm³/mol. The van der Waals surface area contributed by atoms with Gasteiger partial charge in [0.15, 0.2) is 0 Å². The van der Waals surface area contributed by atoms with Crippen molar-refractivity contribution < 1.29 is 9.32 Å². The van der Waals surface area contributed by atoms with Crippen LogP contribution in [-0.4, -0.2) is 42.5 Å². The number of likely N-dealkylation sites (tertiary alicyclic amines) is 1. The number of benzene rings is 2. The van der Waals surface area contributed by atoms with Gasteiger partial charge in [-0.2, -0.15) is 20.0 Å². The standard InChI is InChI=1S/C24H24N6O2/c1-15-6-7-20(30-25-8-9-26-30)19(14-15)24(31)29-10-4-5-21(29)23-27-22(28-32-23)18-12-16(2)11-17(3)13-18/h6-9,11-14,21H,4-5,10H2,1-3H3. The van der Waals surface area contributed by atoms with E-state index in [4.69, 9.17) is 4.52 Å². The zero-order chi connectivity index (χ0) is 22.2. The lowest BCUT2D eigenvalue weighted by Crippen LogP contribution is -2.31. The molecule has 1 fully saturated rings. The molecule has 162 valence electrons. The van der Waals surface area contributed by atoms with E-state index >= 15 is 0 Å². The maximum absolute atomic E-state index is 13.6. The molecule has 0 saturated carbocycles.